The number of carbonyl (C=O) groups is 2. The first-order valence-corrected chi connectivity index (χ1v) is 7.30. The fourth-order valence-electron chi connectivity index (χ4n) is 2.36. The van der Waals surface area contributed by atoms with Crippen LogP contribution in [0, 0.1) is 5.92 Å². The Kier molecular flexibility index (Phi) is 3.18. The SMILES string of the molecule is O=C(O)C1CSC(C2CC2)N1C(=O)c1cccnc1. The van der Waals surface area contributed by atoms with Crippen LogP contribution in [0.4, 0.5) is 0 Å². The van der Waals surface area contributed by atoms with Crippen molar-refractivity contribution in [2.75, 3.05) is 5.75 Å². The molecule has 1 aromatic rings. The number of hydrogen-bond donors (Lipinski definition) is 1. The van der Waals surface area contributed by atoms with Crippen LogP contribution in [0.2, 0.25) is 0 Å². The smallest absolute Gasteiger partial charge is 0.327 e. The first-order chi connectivity index (χ1) is 9.18. The van der Waals surface area contributed by atoms with E-state index in [1.165, 1.54) is 6.20 Å². The van der Waals surface area contributed by atoms with Gasteiger partial charge in [0.25, 0.3) is 5.91 Å². The average Bonchev–Trinajstić information content (AvgIpc) is 3.17. The molecule has 1 aromatic heterocycles. The molecule has 3 rings (SSSR count). The van der Waals surface area contributed by atoms with Crippen LogP contribution in [0.5, 0.6) is 0 Å². The topological polar surface area (TPSA) is 70.5 Å². The Morgan fingerprint density at radius 1 is 1.42 bits per heavy atom. The Balaban J connectivity index is 1.89. The van der Waals surface area contributed by atoms with Crippen LogP contribution >= 0.6 is 11.8 Å². The van der Waals surface area contributed by atoms with Gasteiger partial charge in [-0.3, -0.25) is 9.78 Å². The quantitative estimate of drug-likeness (QED) is 0.906. The van der Waals surface area contributed by atoms with E-state index < -0.39 is 12.0 Å². The van der Waals surface area contributed by atoms with Gasteiger partial charge in [-0.05, 0) is 30.9 Å². The minimum absolute atomic E-state index is 0.00815. The third kappa shape index (κ3) is 2.32. The zero-order valence-corrected chi connectivity index (χ0v) is 11.0. The van der Waals surface area contributed by atoms with Gasteiger partial charge in [0, 0.05) is 18.1 Å². The summed E-state index contributed by atoms with van der Waals surface area (Å²) in [6.45, 7) is 0. The zero-order valence-electron chi connectivity index (χ0n) is 10.2. The van der Waals surface area contributed by atoms with E-state index in [-0.39, 0.29) is 11.3 Å². The number of carboxylic acids is 1. The maximum absolute atomic E-state index is 12.5. The standard InChI is InChI=1S/C13H14N2O3S/c16-11(9-2-1-5-14-6-9)15-10(13(17)18)7-19-12(15)8-3-4-8/h1-2,5-6,8,10,12H,3-4,7H2,(H,17,18). The second kappa shape index (κ2) is 4.85. The van der Waals surface area contributed by atoms with Crippen molar-refractivity contribution in [3.05, 3.63) is 30.1 Å². The van der Waals surface area contributed by atoms with Gasteiger partial charge in [-0.2, -0.15) is 0 Å². The molecule has 2 unspecified atom stereocenters. The molecule has 6 heteroatoms. The summed E-state index contributed by atoms with van der Waals surface area (Å²) in [5.74, 6) is -0.215. The number of carboxylic acid groups (broad SMARTS) is 1. The summed E-state index contributed by atoms with van der Waals surface area (Å²) in [5.41, 5.74) is 0.460. The van der Waals surface area contributed by atoms with Crippen molar-refractivity contribution in [3.63, 3.8) is 0 Å². The maximum Gasteiger partial charge on any atom is 0.327 e. The second-order valence-electron chi connectivity index (χ2n) is 4.87. The van der Waals surface area contributed by atoms with E-state index in [1.807, 2.05) is 0 Å². The van der Waals surface area contributed by atoms with Gasteiger partial charge in [-0.1, -0.05) is 0 Å². The second-order valence-corrected chi connectivity index (χ2v) is 6.02. The molecular formula is C13H14N2O3S. The third-order valence-electron chi connectivity index (χ3n) is 3.49. The van der Waals surface area contributed by atoms with Crippen LogP contribution in [0.3, 0.4) is 0 Å². The number of pyridine rings is 1. The van der Waals surface area contributed by atoms with Gasteiger partial charge in [0.2, 0.25) is 0 Å². The monoisotopic (exact) mass is 278 g/mol. The van der Waals surface area contributed by atoms with Gasteiger partial charge < -0.3 is 10.0 Å². The number of nitrogens with zero attached hydrogens (tertiary/aromatic N) is 2. The molecule has 2 atom stereocenters. The van der Waals surface area contributed by atoms with E-state index in [0.29, 0.717) is 17.2 Å². The van der Waals surface area contributed by atoms with Crippen LogP contribution in [0.15, 0.2) is 24.5 Å². The molecule has 1 amide bonds. The Bertz CT molecular complexity index is 504. The van der Waals surface area contributed by atoms with Crippen LogP contribution in [0.1, 0.15) is 23.2 Å². The Morgan fingerprint density at radius 2 is 2.21 bits per heavy atom. The molecule has 0 bridgehead atoms. The summed E-state index contributed by atoms with van der Waals surface area (Å²) >= 11 is 1.58. The number of hydrogen-bond acceptors (Lipinski definition) is 4. The predicted molar refractivity (Wildman–Crippen MR) is 70.8 cm³/mol. The molecule has 19 heavy (non-hydrogen) atoms. The highest BCUT2D eigenvalue weighted by Crippen LogP contribution is 2.45. The molecule has 5 nitrogen and oxygen atoms in total. The van der Waals surface area contributed by atoms with Crippen LogP contribution in [0.25, 0.3) is 0 Å². The molecule has 1 aliphatic heterocycles. The third-order valence-corrected chi connectivity index (χ3v) is 4.95. The molecule has 0 spiro atoms. The van der Waals surface area contributed by atoms with Gasteiger partial charge in [0.1, 0.15) is 6.04 Å². The summed E-state index contributed by atoms with van der Waals surface area (Å²) in [6, 6.07) is 2.66. The van der Waals surface area contributed by atoms with Gasteiger partial charge in [0.05, 0.1) is 10.9 Å². The number of aliphatic carboxylic acids is 1. The summed E-state index contributed by atoms with van der Waals surface area (Å²) in [6.07, 6.45) is 5.26. The van der Waals surface area contributed by atoms with E-state index in [0.717, 1.165) is 12.8 Å². The summed E-state index contributed by atoms with van der Waals surface area (Å²) < 4.78 is 0. The van der Waals surface area contributed by atoms with Gasteiger partial charge in [-0.25, -0.2) is 4.79 Å². The van der Waals surface area contributed by atoms with Crippen molar-refractivity contribution in [1.82, 2.24) is 9.88 Å². The van der Waals surface area contributed by atoms with Crippen LogP contribution in [-0.4, -0.2) is 44.0 Å². The van der Waals surface area contributed by atoms with Gasteiger partial charge >= 0.3 is 5.97 Å². The molecule has 0 radical (unpaired) electrons. The van der Waals surface area contributed by atoms with Gasteiger partial charge in [-0.15, -0.1) is 11.8 Å². The molecular weight excluding hydrogens is 264 g/mol. The number of carbonyl (C=O) groups excluding carboxylic acids is 1. The van der Waals surface area contributed by atoms with E-state index >= 15 is 0 Å². The molecule has 1 saturated carbocycles. The highest BCUT2D eigenvalue weighted by molar-refractivity contribution is 8.00. The summed E-state index contributed by atoms with van der Waals surface area (Å²) in [4.78, 5) is 29.3. The zero-order chi connectivity index (χ0) is 13.4. The fraction of sp³-hybridized carbons (Fsp3) is 0.462. The number of rotatable bonds is 3. The van der Waals surface area contributed by atoms with Crippen LogP contribution < -0.4 is 0 Å². The molecule has 1 saturated heterocycles. The van der Waals surface area contributed by atoms with E-state index in [2.05, 4.69) is 4.98 Å². The Labute approximate surface area is 115 Å². The van der Waals surface area contributed by atoms with Crippen molar-refractivity contribution >= 4 is 23.6 Å². The van der Waals surface area contributed by atoms with E-state index in [4.69, 9.17) is 0 Å². The van der Waals surface area contributed by atoms with Crippen molar-refractivity contribution in [3.8, 4) is 0 Å². The summed E-state index contributed by atoms with van der Waals surface area (Å²) in [7, 11) is 0. The fourth-order valence-corrected chi connectivity index (χ4v) is 3.99. The van der Waals surface area contributed by atoms with Crippen molar-refractivity contribution in [1.29, 1.82) is 0 Å². The number of thioether (sulfide) groups is 1. The van der Waals surface area contributed by atoms with Crippen molar-refractivity contribution in [2.24, 2.45) is 5.92 Å². The number of aromatic nitrogens is 1. The Hall–Kier alpha value is -1.56. The number of amides is 1. The van der Waals surface area contributed by atoms with Crippen LogP contribution in [-0.2, 0) is 4.79 Å². The molecule has 100 valence electrons. The molecule has 1 aliphatic carbocycles. The lowest BCUT2D eigenvalue weighted by molar-refractivity contribution is -0.141. The normalized spacial score (nSPS) is 26.4. The lowest BCUT2D eigenvalue weighted by atomic mass is 10.2. The van der Waals surface area contributed by atoms with Gasteiger partial charge in [0.15, 0.2) is 0 Å². The lowest BCUT2D eigenvalue weighted by Crippen LogP contribution is -2.46. The highest BCUT2D eigenvalue weighted by atomic mass is 32.2. The highest BCUT2D eigenvalue weighted by Gasteiger charge is 2.48. The van der Waals surface area contributed by atoms with Crippen molar-refractivity contribution < 1.29 is 14.7 Å². The Morgan fingerprint density at radius 3 is 2.79 bits per heavy atom. The van der Waals surface area contributed by atoms with Crippen molar-refractivity contribution in [2.45, 2.75) is 24.3 Å². The maximum atomic E-state index is 12.5. The molecule has 0 aromatic carbocycles. The average molecular weight is 278 g/mol. The first kappa shape index (κ1) is 12.5. The van der Waals surface area contributed by atoms with E-state index in [1.54, 1.807) is 35.0 Å². The molecule has 2 heterocycles. The predicted octanol–water partition coefficient (Wildman–Crippen LogP) is 1.46. The minimum atomic E-state index is -0.923. The molecule has 2 aliphatic rings. The largest absolute Gasteiger partial charge is 0.480 e. The first-order valence-electron chi connectivity index (χ1n) is 6.25. The minimum Gasteiger partial charge on any atom is -0.480 e. The molecule has 2 fully saturated rings. The molecule has 1 N–H and O–H groups in total. The summed E-state index contributed by atoms with van der Waals surface area (Å²) in [5, 5.41) is 9.28. The van der Waals surface area contributed by atoms with E-state index in [9.17, 15) is 14.7 Å². The lowest BCUT2D eigenvalue weighted by Gasteiger charge is -2.27.